The van der Waals surface area contributed by atoms with Crippen LogP contribution in [0.25, 0.3) is 5.69 Å². The first-order valence-corrected chi connectivity index (χ1v) is 11.6. The van der Waals surface area contributed by atoms with Gasteiger partial charge in [-0.15, -0.1) is 0 Å². The molecule has 2 aromatic heterocycles. The predicted molar refractivity (Wildman–Crippen MR) is 122 cm³/mol. The number of nitro groups is 1. The molecule has 0 aliphatic heterocycles. The number of carbonyl (C=O) groups is 1. The number of aromatic nitrogens is 3. The summed E-state index contributed by atoms with van der Waals surface area (Å²) in [6, 6.07) is 10.2. The normalized spacial score (nSPS) is 11.8. The summed E-state index contributed by atoms with van der Waals surface area (Å²) in [6.45, 7) is 1.57. The second kappa shape index (κ2) is 9.38. The zero-order valence-corrected chi connectivity index (χ0v) is 19.4. The van der Waals surface area contributed by atoms with E-state index in [0.29, 0.717) is 16.6 Å². The molecular formula is C21H15F3N6O6S. The number of hydrogen-bond donors (Lipinski definition) is 2. The van der Waals surface area contributed by atoms with Crippen LogP contribution in [0.3, 0.4) is 0 Å². The molecule has 2 aromatic carbocycles. The number of carbonyl (C=O) groups excluding carboxylic acids is 1. The van der Waals surface area contributed by atoms with Crippen molar-refractivity contribution in [1.29, 1.82) is 0 Å². The van der Waals surface area contributed by atoms with Gasteiger partial charge in [-0.1, -0.05) is 5.16 Å². The van der Waals surface area contributed by atoms with Crippen molar-refractivity contribution in [2.45, 2.75) is 18.0 Å². The molecule has 0 saturated carbocycles. The van der Waals surface area contributed by atoms with E-state index in [4.69, 9.17) is 4.52 Å². The van der Waals surface area contributed by atoms with Crippen LogP contribution in [-0.4, -0.2) is 34.2 Å². The number of aryl methyl sites for hydroxylation is 1. The molecule has 0 fully saturated rings. The van der Waals surface area contributed by atoms with Crippen molar-refractivity contribution in [2.75, 3.05) is 10.0 Å². The molecular weight excluding hydrogens is 521 g/mol. The van der Waals surface area contributed by atoms with Crippen molar-refractivity contribution in [1.82, 2.24) is 14.9 Å². The molecule has 0 spiro atoms. The molecule has 2 N–H and O–H groups in total. The monoisotopic (exact) mass is 536 g/mol. The fourth-order valence-electron chi connectivity index (χ4n) is 3.23. The summed E-state index contributed by atoms with van der Waals surface area (Å²) >= 11 is 0. The summed E-state index contributed by atoms with van der Waals surface area (Å²) in [7, 11) is -4.05. The maximum Gasteiger partial charge on any atom is 0.434 e. The molecule has 0 radical (unpaired) electrons. The lowest BCUT2D eigenvalue weighted by Crippen LogP contribution is -2.20. The van der Waals surface area contributed by atoms with Gasteiger partial charge in [0, 0.05) is 23.9 Å². The second-order valence-corrected chi connectivity index (χ2v) is 9.18. The molecule has 0 bridgehead atoms. The summed E-state index contributed by atoms with van der Waals surface area (Å²) in [6.07, 6.45) is -4.30. The fourth-order valence-corrected chi connectivity index (χ4v) is 4.21. The van der Waals surface area contributed by atoms with Gasteiger partial charge in [0.1, 0.15) is 5.76 Å². The highest BCUT2D eigenvalue weighted by Gasteiger charge is 2.40. The molecule has 192 valence electrons. The van der Waals surface area contributed by atoms with E-state index in [1.54, 1.807) is 6.92 Å². The maximum absolute atomic E-state index is 13.9. The molecule has 0 saturated heterocycles. The van der Waals surface area contributed by atoms with Crippen LogP contribution < -0.4 is 10.0 Å². The Balaban J connectivity index is 1.57. The lowest BCUT2D eigenvalue weighted by Gasteiger charge is -2.13. The molecule has 12 nitrogen and oxygen atoms in total. The van der Waals surface area contributed by atoms with Crippen molar-refractivity contribution in [3.05, 3.63) is 87.9 Å². The van der Waals surface area contributed by atoms with E-state index in [-0.39, 0.29) is 27.8 Å². The number of non-ortho nitro benzene ring substituents is 1. The molecule has 16 heteroatoms. The number of nitrogens with one attached hydrogen (secondary N) is 2. The van der Waals surface area contributed by atoms with Crippen LogP contribution in [0.4, 0.5) is 30.4 Å². The summed E-state index contributed by atoms with van der Waals surface area (Å²) in [4.78, 5) is 22.6. The van der Waals surface area contributed by atoms with Crippen molar-refractivity contribution in [2.24, 2.45) is 0 Å². The van der Waals surface area contributed by atoms with Gasteiger partial charge in [0.25, 0.3) is 21.6 Å². The molecule has 1 amide bonds. The first kappa shape index (κ1) is 25.4. The topological polar surface area (TPSA) is 162 Å². The predicted octanol–water partition coefficient (Wildman–Crippen LogP) is 4.15. The number of anilines is 2. The number of sulfonamides is 1. The molecule has 0 aliphatic rings. The van der Waals surface area contributed by atoms with E-state index in [2.05, 4.69) is 20.3 Å². The quantitative estimate of drug-likeness (QED) is 0.263. The number of benzene rings is 2. The van der Waals surface area contributed by atoms with Crippen molar-refractivity contribution in [3.63, 3.8) is 0 Å². The molecule has 37 heavy (non-hydrogen) atoms. The highest BCUT2D eigenvalue weighted by molar-refractivity contribution is 7.92. The van der Waals surface area contributed by atoms with Gasteiger partial charge in [-0.25, -0.2) is 13.1 Å². The van der Waals surface area contributed by atoms with E-state index in [9.17, 15) is 36.5 Å². The summed E-state index contributed by atoms with van der Waals surface area (Å²) in [5.74, 6) is -0.822. The van der Waals surface area contributed by atoms with E-state index in [1.165, 1.54) is 18.2 Å². The van der Waals surface area contributed by atoms with Gasteiger partial charge in [-0.2, -0.15) is 18.3 Å². The first-order valence-electron chi connectivity index (χ1n) is 10.1. The molecule has 4 rings (SSSR count). The van der Waals surface area contributed by atoms with Crippen LogP contribution in [0, 0.1) is 17.0 Å². The average molecular weight is 536 g/mol. The highest BCUT2D eigenvalue weighted by Crippen LogP contribution is 2.34. The number of amides is 1. The Hall–Kier alpha value is -4.73. The third kappa shape index (κ3) is 5.43. The lowest BCUT2D eigenvalue weighted by molar-refractivity contribution is -0.384. The standard InChI is InChI=1S/C21H15F3N6O6S/c1-12-10-18(27-36-12)28-37(34,35)16-8-2-13(3-9-16)26-20(31)17-11-25-29(19(17)21(22,23)24)14-4-6-15(7-5-14)30(32)33/h2-11H,1H3,(H,26,31)(H,27,28). The van der Waals surface area contributed by atoms with Crippen LogP contribution in [0.5, 0.6) is 0 Å². The number of rotatable bonds is 7. The molecule has 0 unspecified atom stereocenters. The second-order valence-electron chi connectivity index (χ2n) is 7.50. The molecule has 2 heterocycles. The summed E-state index contributed by atoms with van der Waals surface area (Å²) < 4.78 is 74.0. The Kier molecular flexibility index (Phi) is 6.43. The third-order valence-corrected chi connectivity index (χ3v) is 6.25. The van der Waals surface area contributed by atoms with E-state index >= 15 is 0 Å². The first-order chi connectivity index (χ1) is 17.3. The highest BCUT2D eigenvalue weighted by atomic mass is 32.2. The Labute approximate surface area is 205 Å². The Bertz CT molecular complexity index is 1580. The zero-order chi connectivity index (χ0) is 27.0. The number of nitrogens with zero attached hydrogens (tertiary/aromatic N) is 4. The van der Waals surface area contributed by atoms with E-state index in [1.807, 2.05) is 0 Å². The van der Waals surface area contributed by atoms with Gasteiger partial charge in [0.2, 0.25) is 0 Å². The Morgan fingerprint density at radius 1 is 1.11 bits per heavy atom. The van der Waals surface area contributed by atoms with Crippen LogP contribution >= 0.6 is 0 Å². The lowest BCUT2D eigenvalue weighted by atomic mass is 10.2. The zero-order valence-electron chi connectivity index (χ0n) is 18.6. The minimum atomic E-state index is -5.01. The molecule has 0 atom stereocenters. The van der Waals surface area contributed by atoms with Gasteiger partial charge in [0.05, 0.1) is 27.3 Å². The number of nitro benzene ring substituents is 1. The van der Waals surface area contributed by atoms with E-state index < -0.39 is 38.3 Å². The Morgan fingerprint density at radius 3 is 2.30 bits per heavy atom. The van der Waals surface area contributed by atoms with Crippen LogP contribution in [0.1, 0.15) is 21.8 Å². The van der Waals surface area contributed by atoms with Crippen LogP contribution in [0.2, 0.25) is 0 Å². The maximum atomic E-state index is 13.9. The van der Waals surface area contributed by atoms with Crippen LogP contribution in [0.15, 0.2) is 70.2 Å². The number of halogens is 3. The summed E-state index contributed by atoms with van der Waals surface area (Å²) in [5, 5.41) is 20.2. The van der Waals surface area contributed by atoms with E-state index in [0.717, 1.165) is 36.4 Å². The minimum Gasteiger partial charge on any atom is -0.360 e. The SMILES string of the molecule is Cc1cc(NS(=O)(=O)c2ccc(NC(=O)c3cnn(-c4ccc([N+](=O)[O-])cc4)c3C(F)(F)F)cc2)no1. The largest absolute Gasteiger partial charge is 0.434 e. The average Bonchev–Trinajstić information content (AvgIpc) is 3.45. The van der Waals surface area contributed by atoms with Gasteiger partial charge in [-0.05, 0) is 43.3 Å². The van der Waals surface area contributed by atoms with Gasteiger partial charge < -0.3 is 9.84 Å². The summed E-state index contributed by atoms with van der Waals surface area (Å²) in [5.41, 5.74) is -2.69. The van der Waals surface area contributed by atoms with Gasteiger partial charge in [0.15, 0.2) is 11.5 Å². The van der Waals surface area contributed by atoms with Crippen molar-refractivity contribution in [3.8, 4) is 5.69 Å². The van der Waals surface area contributed by atoms with Crippen LogP contribution in [-0.2, 0) is 16.2 Å². The number of hydrogen-bond acceptors (Lipinski definition) is 8. The Morgan fingerprint density at radius 2 is 1.76 bits per heavy atom. The fraction of sp³-hybridized carbons (Fsp3) is 0.0952. The molecule has 4 aromatic rings. The minimum absolute atomic E-state index is 0.0115. The van der Waals surface area contributed by atoms with Gasteiger partial charge >= 0.3 is 6.18 Å². The molecule has 0 aliphatic carbocycles. The van der Waals surface area contributed by atoms with Crippen molar-refractivity contribution < 1.29 is 35.8 Å². The third-order valence-electron chi connectivity index (χ3n) is 4.88. The van der Waals surface area contributed by atoms with Crippen molar-refractivity contribution >= 4 is 33.1 Å². The number of alkyl halides is 3. The smallest absolute Gasteiger partial charge is 0.360 e. The van der Waals surface area contributed by atoms with Gasteiger partial charge in [-0.3, -0.25) is 19.6 Å².